The molecule has 0 aliphatic heterocycles. The van der Waals surface area contributed by atoms with E-state index in [1.54, 1.807) is 11.8 Å². The van der Waals surface area contributed by atoms with Crippen LogP contribution in [0.1, 0.15) is 33.6 Å². The molecule has 1 amide bonds. The lowest BCUT2D eigenvalue weighted by Crippen LogP contribution is -2.40. The van der Waals surface area contributed by atoms with Crippen molar-refractivity contribution in [2.75, 3.05) is 19.3 Å². The fraction of sp³-hybridized carbons (Fsp3) is 0.909. The minimum Gasteiger partial charge on any atom is -0.354 e. The van der Waals surface area contributed by atoms with Gasteiger partial charge in [0.25, 0.3) is 0 Å². The van der Waals surface area contributed by atoms with E-state index in [1.807, 2.05) is 14.0 Å². The summed E-state index contributed by atoms with van der Waals surface area (Å²) in [5.74, 6) is 1.23. The van der Waals surface area contributed by atoms with Crippen LogP contribution in [0, 0.1) is 0 Å². The maximum atomic E-state index is 11.6. The van der Waals surface area contributed by atoms with E-state index in [-0.39, 0.29) is 11.2 Å². The van der Waals surface area contributed by atoms with Gasteiger partial charge in [0.15, 0.2) is 0 Å². The number of nitrogens with one attached hydrogen (secondary N) is 2. The molecule has 0 rings (SSSR count). The fourth-order valence-corrected chi connectivity index (χ4v) is 2.02. The quantitative estimate of drug-likeness (QED) is 0.625. The summed E-state index contributed by atoms with van der Waals surface area (Å²) in [4.78, 5) is 11.6. The van der Waals surface area contributed by atoms with E-state index < -0.39 is 0 Å². The average molecular weight is 232 g/mol. The van der Waals surface area contributed by atoms with Crippen LogP contribution in [0.4, 0.5) is 0 Å². The van der Waals surface area contributed by atoms with Crippen molar-refractivity contribution in [3.63, 3.8) is 0 Å². The zero-order valence-corrected chi connectivity index (χ0v) is 11.1. The molecule has 2 N–H and O–H groups in total. The molecule has 15 heavy (non-hydrogen) atoms. The van der Waals surface area contributed by atoms with Crippen molar-refractivity contribution in [2.45, 2.75) is 44.9 Å². The molecule has 0 saturated carbocycles. The van der Waals surface area contributed by atoms with Crippen LogP contribution < -0.4 is 10.6 Å². The maximum Gasteiger partial charge on any atom is 0.232 e. The summed E-state index contributed by atoms with van der Waals surface area (Å²) in [5.41, 5.74) is 0. The molecule has 2 atom stereocenters. The first-order chi connectivity index (χ1) is 7.11. The third-order valence-electron chi connectivity index (χ3n) is 2.31. The monoisotopic (exact) mass is 232 g/mol. The Balaban J connectivity index is 3.60. The van der Waals surface area contributed by atoms with Gasteiger partial charge in [-0.2, -0.15) is 0 Å². The first-order valence-corrected chi connectivity index (χ1v) is 6.73. The second-order valence-corrected chi connectivity index (χ2v) is 5.25. The summed E-state index contributed by atoms with van der Waals surface area (Å²) < 4.78 is 0. The molecule has 0 aromatic heterocycles. The van der Waals surface area contributed by atoms with Crippen LogP contribution >= 0.6 is 11.8 Å². The molecular weight excluding hydrogens is 208 g/mol. The van der Waals surface area contributed by atoms with Gasteiger partial charge in [-0.25, -0.2) is 0 Å². The second-order valence-electron chi connectivity index (χ2n) is 3.80. The van der Waals surface area contributed by atoms with Gasteiger partial charge in [0.05, 0.1) is 5.25 Å². The van der Waals surface area contributed by atoms with Crippen LogP contribution in [-0.4, -0.2) is 36.5 Å². The van der Waals surface area contributed by atoms with Gasteiger partial charge in [0, 0.05) is 12.6 Å². The Labute approximate surface area is 97.8 Å². The minimum atomic E-state index is 0.0700. The third kappa shape index (κ3) is 7.68. The number of thioether (sulfide) groups is 1. The largest absolute Gasteiger partial charge is 0.354 e. The number of unbranched alkanes of at least 4 members (excludes halogenated alkanes) is 1. The first-order valence-electron chi connectivity index (χ1n) is 5.68. The van der Waals surface area contributed by atoms with Crippen molar-refractivity contribution in [1.82, 2.24) is 10.6 Å². The summed E-state index contributed by atoms with van der Waals surface area (Å²) in [7, 11) is 1.90. The number of amides is 1. The van der Waals surface area contributed by atoms with Crippen molar-refractivity contribution in [1.29, 1.82) is 0 Å². The molecule has 0 bridgehead atoms. The van der Waals surface area contributed by atoms with E-state index in [4.69, 9.17) is 0 Å². The highest BCUT2D eigenvalue weighted by molar-refractivity contribution is 8.00. The van der Waals surface area contributed by atoms with Crippen LogP contribution in [-0.2, 0) is 4.79 Å². The molecule has 90 valence electrons. The Morgan fingerprint density at radius 3 is 2.60 bits per heavy atom. The van der Waals surface area contributed by atoms with Crippen LogP contribution in [0.25, 0.3) is 0 Å². The van der Waals surface area contributed by atoms with Crippen molar-refractivity contribution in [2.24, 2.45) is 0 Å². The van der Waals surface area contributed by atoms with E-state index in [0.717, 1.165) is 5.75 Å². The first kappa shape index (κ1) is 14.8. The molecule has 0 spiro atoms. The Bertz CT molecular complexity index is 176. The van der Waals surface area contributed by atoms with E-state index in [1.165, 1.54) is 12.8 Å². The van der Waals surface area contributed by atoms with Crippen molar-refractivity contribution in [3.05, 3.63) is 0 Å². The number of rotatable bonds is 8. The smallest absolute Gasteiger partial charge is 0.232 e. The Hall–Kier alpha value is -0.220. The van der Waals surface area contributed by atoms with E-state index in [9.17, 15) is 4.79 Å². The molecule has 3 nitrogen and oxygen atoms in total. The highest BCUT2D eigenvalue weighted by Gasteiger charge is 2.12. The number of hydrogen-bond donors (Lipinski definition) is 2. The van der Waals surface area contributed by atoms with E-state index in [0.29, 0.717) is 12.6 Å². The molecule has 4 heteroatoms. The number of hydrogen-bond acceptors (Lipinski definition) is 3. The van der Waals surface area contributed by atoms with Gasteiger partial charge in [0.2, 0.25) is 5.91 Å². The third-order valence-corrected chi connectivity index (χ3v) is 3.55. The summed E-state index contributed by atoms with van der Waals surface area (Å²) >= 11 is 1.74. The van der Waals surface area contributed by atoms with Crippen molar-refractivity contribution >= 4 is 17.7 Å². The van der Waals surface area contributed by atoms with Gasteiger partial charge in [-0.15, -0.1) is 11.8 Å². The van der Waals surface area contributed by atoms with Gasteiger partial charge >= 0.3 is 0 Å². The van der Waals surface area contributed by atoms with Gasteiger partial charge in [-0.1, -0.05) is 13.3 Å². The summed E-state index contributed by atoms with van der Waals surface area (Å²) in [5, 5.41) is 6.10. The van der Waals surface area contributed by atoms with Gasteiger partial charge in [0.1, 0.15) is 0 Å². The summed E-state index contributed by atoms with van der Waals surface area (Å²) in [6.07, 6.45) is 2.38. The Kier molecular flexibility index (Phi) is 8.91. The van der Waals surface area contributed by atoms with Gasteiger partial charge in [-0.3, -0.25) is 4.79 Å². The minimum absolute atomic E-state index is 0.0700. The van der Waals surface area contributed by atoms with Crippen LogP contribution in [0.5, 0.6) is 0 Å². The summed E-state index contributed by atoms with van der Waals surface area (Å²) in [6, 6.07) is 0.335. The number of carbonyl (C=O) groups is 1. The van der Waals surface area contributed by atoms with Crippen LogP contribution in [0.15, 0.2) is 0 Å². The van der Waals surface area contributed by atoms with Crippen LogP contribution in [0.2, 0.25) is 0 Å². The number of likely N-dealkylation sites (N-methyl/N-ethyl adjacent to an activating group) is 1. The zero-order valence-electron chi connectivity index (χ0n) is 10.3. The normalized spacial score (nSPS) is 14.7. The molecule has 0 aliphatic carbocycles. The molecule has 2 unspecified atom stereocenters. The van der Waals surface area contributed by atoms with Gasteiger partial charge < -0.3 is 10.6 Å². The molecule has 0 saturated heterocycles. The van der Waals surface area contributed by atoms with Crippen molar-refractivity contribution < 1.29 is 4.79 Å². The van der Waals surface area contributed by atoms with E-state index >= 15 is 0 Å². The SMILES string of the molecule is CCCCSC(C)C(=O)NCC(C)NC. The fourth-order valence-electron chi connectivity index (χ4n) is 0.980. The molecular formula is C11H24N2OS. The standard InChI is InChI=1S/C11H24N2OS/c1-5-6-7-15-10(3)11(14)13-8-9(2)12-4/h9-10,12H,5-8H2,1-4H3,(H,13,14). The molecule has 0 fully saturated rings. The van der Waals surface area contributed by atoms with Crippen LogP contribution in [0.3, 0.4) is 0 Å². The topological polar surface area (TPSA) is 41.1 Å². The lowest BCUT2D eigenvalue weighted by molar-refractivity contribution is -0.120. The second kappa shape index (κ2) is 9.04. The molecule has 0 heterocycles. The molecule has 0 aliphatic rings. The lowest BCUT2D eigenvalue weighted by atomic mass is 10.3. The highest BCUT2D eigenvalue weighted by Crippen LogP contribution is 2.12. The maximum absolute atomic E-state index is 11.6. The lowest BCUT2D eigenvalue weighted by Gasteiger charge is -2.14. The van der Waals surface area contributed by atoms with E-state index in [2.05, 4.69) is 24.5 Å². The van der Waals surface area contributed by atoms with Crippen molar-refractivity contribution in [3.8, 4) is 0 Å². The molecule has 0 aromatic rings. The predicted octanol–water partition coefficient (Wildman–Crippen LogP) is 1.63. The number of carbonyl (C=O) groups excluding carboxylic acids is 1. The zero-order chi connectivity index (χ0) is 11.7. The predicted molar refractivity (Wildman–Crippen MR) is 68.4 cm³/mol. The molecule has 0 radical (unpaired) electrons. The van der Waals surface area contributed by atoms with Gasteiger partial charge in [-0.05, 0) is 33.1 Å². The Morgan fingerprint density at radius 1 is 1.40 bits per heavy atom. The average Bonchev–Trinajstić information content (AvgIpc) is 2.25. The molecule has 0 aromatic carbocycles. The highest BCUT2D eigenvalue weighted by atomic mass is 32.2. The Morgan fingerprint density at radius 2 is 2.07 bits per heavy atom. The summed E-state index contributed by atoms with van der Waals surface area (Å²) in [6.45, 7) is 6.89.